The number of piperidine rings is 2. The van der Waals surface area contributed by atoms with Gasteiger partial charge in [-0.1, -0.05) is 18.2 Å². The van der Waals surface area contributed by atoms with E-state index in [0.717, 1.165) is 57.5 Å². The van der Waals surface area contributed by atoms with Gasteiger partial charge in [0.25, 0.3) is 5.91 Å². The summed E-state index contributed by atoms with van der Waals surface area (Å²) in [6.45, 7) is 9.39. The van der Waals surface area contributed by atoms with Gasteiger partial charge in [0.1, 0.15) is 0 Å². The molecule has 7 nitrogen and oxygen atoms in total. The molecule has 7 heteroatoms. The van der Waals surface area contributed by atoms with Gasteiger partial charge in [-0.3, -0.25) is 9.69 Å². The van der Waals surface area contributed by atoms with Gasteiger partial charge in [-0.15, -0.1) is 0 Å². The fourth-order valence-electron chi connectivity index (χ4n) is 5.28. The second-order valence-electron chi connectivity index (χ2n) is 9.17. The number of hydrogen-bond acceptors (Lipinski definition) is 5. The number of nitrogens with zero attached hydrogens (tertiary/aromatic N) is 3. The van der Waals surface area contributed by atoms with Gasteiger partial charge >= 0.3 is 6.09 Å². The number of likely N-dealkylation sites (tertiary alicyclic amines) is 2. The average molecular weight is 416 g/mol. The largest absolute Gasteiger partial charge is 0.450 e. The molecule has 0 saturated carbocycles. The molecule has 1 atom stereocenters. The summed E-state index contributed by atoms with van der Waals surface area (Å²) in [6.07, 6.45) is 3.41. The number of carbonyl (C=O) groups is 2. The van der Waals surface area contributed by atoms with E-state index in [-0.39, 0.29) is 23.6 Å². The molecule has 0 spiro atoms. The van der Waals surface area contributed by atoms with Crippen LogP contribution in [0, 0.1) is 0 Å². The van der Waals surface area contributed by atoms with Gasteiger partial charge in [-0.05, 0) is 52.5 Å². The first-order chi connectivity index (χ1) is 14.3. The Morgan fingerprint density at radius 3 is 2.40 bits per heavy atom. The fourth-order valence-corrected chi connectivity index (χ4v) is 5.28. The number of hydrogen-bond donors (Lipinski definition) is 1. The Hall–Kier alpha value is -2.12. The van der Waals surface area contributed by atoms with Crippen LogP contribution in [0.15, 0.2) is 24.3 Å². The van der Waals surface area contributed by atoms with Crippen LogP contribution >= 0.6 is 0 Å². The zero-order valence-corrected chi connectivity index (χ0v) is 18.3. The molecule has 2 saturated heterocycles. The first kappa shape index (κ1) is 21.1. The van der Waals surface area contributed by atoms with Crippen molar-refractivity contribution in [2.45, 2.75) is 63.6 Å². The van der Waals surface area contributed by atoms with Crippen molar-refractivity contribution in [2.24, 2.45) is 0 Å². The molecule has 1 aromatic carbocycles. The third-order valence-corrected chi connectivity index (χ3v) is 7.28. The Morgan fingerprint density at radius 2 is 1.77 bits per heavy atom. The molecule has 3 aliphatic rings. The Morgan fingerprint density at radius 1 is 1.13 bits per heavy atom. The van der Waals surface area contributed by atoms with Crippen LogP contribution in [0.2, 0.25) is 0 Å². The predicted octanol–water partition coefficient (Wildman–Crippen LogP) is 2.72. The van der Waals surface area contributed by atoms with Crippen LogP contribution in [0.1, 0.15) is 52.0 Å². The van der Waals surface area contributed by atoms with Crippen LogP contribution in [-0.2, 0) is 15.1 Å². The van der Waals surface area contributed by atoms with Crippen molar-refractivity contribution in [3.63, 3.8) is 0 Å². The topological polar surface area (TPSA) is 73.3 Å². The third-order valence-electron chi connectivity index (χ3n) is 7.28. The molecule has 0 aliphatic carbocycles. The minimum absolute atomic E-state index is 0.0619. The SMILES string of the molecule is CCOC(=O)N1CCC(C)(N2CCC(N3C(=O)C(C)(O)c4ccccc43)CC2)CC1. The Balaban J connectivity index is 1.39. The quantitative estimate of drug-likeness (QED) is 0.822. The van der Waals surface area contributed by atoms with E-state index in [0.29, 0.717) is 12.2 Å². The van der Waals surface area contributed by atoms with Crippen LogP contribution in [0.5, 0.6) is 0 Å². The molecule has 1 unspecified atom stereocenters. The van der Waals surface area contributed by atoms with Gasteiger partial charge in [0.15, 0.2) is 5.60 Å². The van der Waals surface area contributed by atoms with E-state index in [4.69, 9.17) is 4.74 Å². The summed E-state index contributed by atoms with van der Waals surface area (Å²) in [5, 5.41) is 10.8. The fraction of sp³-hybridized carbons (Fsp3) is 0.652. The third kappa shape index (κ3) is 3.48. The first-order valence-corrected chi connectivity index (χ1v) is 11.1. The smallest absolute Gasteiger partial charge is 0.409 e. The second kappa shape index (κ2) is 7.85. The van der Waals surface area contributed by atoms with Crippen molar-refractivity contribution in [3.05, 3.63) is 29.8 Å². The van der Waals surface area contributed by atoms with E-state index >= 15 is 0 Å². The minimum Gasteiger partial charge on any atom is -0.450 e. The van der Waals surface area contributed by atoms with Gasteiger partial charge in [-0.25, -0.2) is 4.79 Å². The van der Waals surface area contributed by atoms with E-state index in [1.807, 2.05) is 36.1 Å². The van der Waals surface area contributed by atoms with Gasteiger partial charge < -0.3 is 19.6 Å². The number of amides is 2. The number of rotatable bonds is 3. The molecule has 30 heavy (non-hydrogen) atoms. The summed E-state index contributed by atoms with van der Waals surface area (Å²) in [7, 11) is 0. The molecule has 0 bridgehead atoms. The van der Waals surface area contributed by atoms with Gasteiger partial charge in [-0.2, -0.15) is 0 Å². The first-order valence-electron chi connectivity index (χ1n) is 11.1. The minimum atomic E-state index is -1.44. The molecule has 0 radical (unpaired) electrons. The molecule has 1 N–H and O–H groups in total. The molecule has 1 aromatic rings. The zero-order valence-electron chi connectivity index (χ0n) is 18.3. The molecule has 2 amide bonds. The second-order valence-corrected chi connectivity index (χ2v) is 9.17. The molecular formula is C23H33N3O4. The van der Waals surface area contributed by atoms with E-state index < -0.39 is 5.60 Å². The van der Waals surface area contributed by atoms with Crippen molar-refractivity contribution in [3.8, 4) is 0 Å². The Kier molecular flexibility index (Phi) is 5.53. The number of ether oxygens (including phenoxy) is 1. The lowest BCUT2D eigenvalue weighted by Crippen LogP contribution is -2.58. The van der Waals surface area contributed by atoms with Crippen LogP contribution < -0.4 is 4.90 Å². The van der Waals surface area contributed by atoms with Crippen molar-refractivity contribution >= 4 is 17.7 Å². The van der Waals surface area contributed by atoms with E-state index in [1.54, 1.807) is 11.8 Å². The van der Waals surface area contributed by atoms with Crippen molar-refractivity contribution in [1.29, 1.82) is 0 Å². The Bertz CT molecular complexity index is 808. The van der Waals surface area contributed by atoms with Crippen molar-refractivity contribution in [2.75, 3.05) is 37.7 Å². The molecule has 4 rings (SSSR count). The molecule has 2 fully saturated rings. The summed E-state index contributed by atoms with van der Waals surface area (Å²) in [4.78, 5) is 31.1. The predicted molar refractivity (Wildman–Crippen MR) is 114 cm³/mol. The number of aliphatic hydroxyl groups is 1. The van der Waals surface area contributed by atoms with Crippen LogP contribution in [0.3, 0.4) is 0 Å². The van der Waals surface area contributed by atoms with Gasteiger partial charge in [0.05, 0.1) is 12.3 Å². The summed E-state index contributed by atoms with van der Waals surface area (Å²) in [5.41, 5.74) is 0.169. The standard InChI is InChI=1S/C23H33N3O4/c1-4-30-21(28)24-15-11-22(2,12-16-24)25-13-9-17(10-14-25)26-19-8-6-5-7-18(19)23(3,29)20(26)27/h5-8,17,29H,4,9-16H2,1-3H3. The lowest BCUT2D eigenvalue weighted by atomic mass is 9.85. The molecule has 0 aromatic heterocycles. The van der Waals surface area contributed by atoms with Crippen molar-refractivity contribution < 1.29 is 19.4 Å². The normalized spacial score (nSPS) is 27.3. The Labute approximate surface area is 178 Å². The number of para-hydroxylation sites is 1. The maximum Gasteiger partial charge on any atom is 0.409 e. The maximum absolute atomic E-state index is 13.0. The molecule has 3 aliphatic heterocycles. The molecule has 164 valence electrons. The summed E-state index contributed by atoms with van der Waals surface area (Å²) < 4.78 is 5.14. The zero-order chi connectivity index (χ0) is 21.5. The number of carbonyl (C=O) groups excluding carboxylic acids is 2. The number of fused-ring (bicyclic) bond motifs is 1. The van der Waals surface area contributed by atoms with Crippen LogP contribution in [0.4, 0.5) is 10.5 Å². The highest BCUT2D eigenvalue weighted by atomic mass is 16.6. The molecular weight excluding hydrogens is 382 g/mol. The van der Waals surface area contributed by atoms with Crippen LogP contribution in [-0.4, -0.2) is 71.3 Å². The number of anilines is 1. The van der Waals surface area contributed by atoms with E-state index in [1.165, 1.54) is 0 Å². The van der Waals surface area contributed by atoms with Gasteiger partial charge in [0.2, 0.25) is 0 Å². The lowest BCUT2D eigenvalue weighted by Gasteiger charge is -2.49. The van der Waals surface area contributed by atoms with E-state index in [2.05, 4.69) is 11.8 Å². The average Bonchev–Trinajstić information content (AvgIpc) is 2.95. The summed E-state index contributed by atoms with van der Waals surface area (Å²) in [6, 6.07) is 7.69. The lowest BCUT2D eigenvalue weighted by molar-refractivity contribution is -0.135. The maximum atomic E-state index is 13.0. The summed E-state index contributed by atoms with van der Waals surface area (Å²) in [5.74, 6) is -0.212. The van der Waals surface area contributed by atoms with Crippen molar-refractivity contribution in [1.82, 2.24) is 9.80 Å². The highest BCUT2D eigenvalue weighted by Crippen LogP contribution is 2.43. The van der Waals surface area contributed by atoms with Gasteiger partial charge in [0, 0.05) is 43.3 Å². The van der Waals surface area contributed by atoms with E-state index in [9.17, 15) is 14.7 Å². The summed E-state index contributed by atoms with van der Waals surface area (Å²) >= 11 is 0. The monoisotopic (exact) mass is 415 g/mol. The highest BCUT2D eigenvalue weighted by Gasteiger charge is 2.49. The highest BCUT2D eigenvalue weighted by molar-refractivity contribution is 6.07. The number of benzene rings is 1. The molecule has 3 heterocycles. The van der Waals surface area contributed by atoms with Crippen LogP contribution in [0.25, 0.3) is 0 Å².